The van der Waals surface area contributed by atoms with Crippen molar-refractivity contribution < 1.29 is 23.0 Å². The van der Waals surface area contributed by atoms with E-state index >= 15 is 0 Å². The third kappa shape index (κ3) is 7.33. The molecule has 0 spiro atoms. The zero-order chi connectivity index (χ0) is 53.6. The van der Waals surface area contributed by atoms with Gasteiger partial charge < -0.3 is 4.74 Å². The number of rotatable bonds is 9. The van der Waals surface area contributed by atoms with E-state index in [0.29, 0.717) is 28.2 Å². The Hall–Kier alpha value is -8.02. The van der Waals surface area contributed by atoms with Gasteiger partial charge in [-0.25, -0.2) is 4.98 Å². The van der Waals surface area contributed by atoms with Crippen LogP contribution in [0, 0.1) is 6.33 Å². The highest BCUT2D eigenvalue weighted by Crippen LogP contribution is 2.40. The normalized spacial score (nSPS) is 14.0. The first kappa shape index (κ1) is 31.0. The highest BCUT2D eigenvalue weighted by atomic mass is 16.5. The molecule has 11 aromatic rings. The summed E-state index contributed by atoms with van der Waals surface area (Å²) in [5, 5.41) is 2.15. The van der Waals surface area contributed by atoms with Gasteiger partial charge in [-0.1, -0.05) is 180 Å². The van der Waals surface area contributed by atoms with Crippen molar-refractivity contribution in [1.29, 1.82) is 0 Å². The number of pyridine rings is 1. The van der Waals surface area contributed by atoms with E-state index in [1.165, 1.54) is 11.1 Å². The van der Waals surface area contributed by atoms with Crippen LogP contribution in [-0.2, 0) is 5.41 Å². The molecule has 0 aliphatic heterocycles. The molecule has 5 heteroatoms. The summed E-state index contributed by atoms with van der Waals surface area (Å²) in [4.78, 5) is 5.13. The molecule has 11 rings (SSSR count). The third-order valence-corrected chi connectivity index (χ3v) is 12.1. The predicted molar refractivity (Wildman–Crippen MR) is 271 cm³/mol. The van der Waals surface area contributed by atoms with Crippen LogP contribution in [0.1, 0.15) is 65.4 Å². The van der Waals surface area contributed by atoms with E-state index in [4.69, 9.17) is 23.4 Å². The van der Waals surface area contributed by atoms with Gasteiger partial charge in [0, 0.05) is 28.6 Å². The summed E-state index contributed by atoms with van der Waals surface area (Å²) in [5.74, 6) is 2.10. The quantitative estimate of drug-likeness (QED) is 0.107. The topological polar surface area (TPSA) is 35.9 Å². The van der Waals surface area contributed by atoms with Gasteiger partial charge in [-0.3, -0.25) is 13.7 Å². The molecule has 0 saturated carbocycles. The molecule has 0 atom stereocenters. The van der Waals surface area contributed by atoms with Crippen LogP contribution in [0.5, 0.6) is 11.5 Å². The summed E-state index contributed by atoms with van der Waals surface area (Å²) in [6, 6.07) is 39.8. The zero-order valence-corrected chi connectivity index (χ0v) is 37.1. The Bertz CT molecular complexity index is 4030. The second-order valence-electron chi connectivity index (χ2n) is 17.7. The van der Waals surface area contributed by atoms with Gasteiger partial charge >= 0.3 is 0 Å². The van der Waals surface area contributed by atoms with Crippen molar-refractivity contribution in [3.63, 3.8) is 0 Å². The number of imidazole rings is 1. The molecule has 320 valence electrons. The molecule has 66 heavy (non-hydrogen) atoms. The van der Waals surface area contributed by atoms with Gasteiger partial charge in [0.2, 0.25) is 0 Å². The molecular weight excluding hydrogens is 805 g/mol. The van der Waals surface area contributed by atoms with Gasteiger partial charge in [-0.05, 0) is 98.8 Å². The summed E-state index contributed by atoms with van der Waals surface area (Å²) >= 11 is 0. The maximum absolute atomic E-state index is 9.05. The first-order valence-electron chi connectivity index (χ1n) is 27.0. The van der Waals surface area contributed by atoms with Crippen molar-refractivity contribution in [2.45, 2.75) is 46.0 Å². The fraction of sp³-hybridized carbons (Fsp3) is 0.115. The van der Waals surface area contributed by atoms with Crippen LogP contribution in [0.25, 0.3) is 83.4 Å². The maximum Gasteiger partial charge on any atom is 0.269 e. The Morgan fingerprint density at radius 3 is 1.98 bits per heavy atom. The summed E-state index contributed by atoms with van der Waals surface area (Å²) in [5.41, 5.74) is 8.52. The number of nitrogens with zero attached hydrogens (tertiary/aromatic N) is 4. The molecule has 0 bridgehead atoms. The Morgan fingerprint density at radius 2 is 1.27 bits per heavy atom. The molecule has 3 aromatic heterocycles. The van der Waals surface area contributed by atoms with E-state index < -0.39 is 60.4 Å². The van der Waals surface area contributed by atoms with E-state index in [1.54, 1.807) is 27.3 Å². The molecule has 3 heterocycles. The Morgan fingerprint density at radius 1 is 0.591 bits per heavy atom. The van der Waals surface area contributed by atoms with Gasteiger partial charge in [-0.2, -0.15) is 0 Å². The average Bonchev–Trinajstić information content (AvgIpc) is 4.04. The Labute approximate surface area is 400 Å². The van der Waals surface area contributed by atoms with Crippen molar-refractivity contribution in [3.8, 4) is 62.1 Å². The largest absolute Gasteiger partial charge is 0.458 e. The highest BCUT2D eigenvalue weighted by molar-refractivity contribution is 6.10. The number of aromatic nitrogens is 4. The first-order valence-corrected chi connectivity index (χ1v) is 22.0. The number of hydrogen-bond acceptors (Lipinski definition) is 2. The lowest BCUT2D eigenvalue weighted by molar-refractivity contribution is -0.571. The van der Waals surface area contributed by atoms with Gasteiger partial charge in [0.05, 0.1) is 47.1 Å². The molecule has 0 radical (unpaired) electrons. The van der Waals surface area contributed by atoms with Crippen molar-refractivity contribution >= 4 is 32.8 Å². The van der Waals surface area contributed by atoms with E-state index in [2.05, 4.69) is 88.0 Å². The number of ether oxygens (including phenoxy) is 1. The fourth-order valence-electron chi connectivity index (χ4n) is 8.89. The second kappa shape index (κ2) is 16.5. The van der Waals surface area contributed by atoms with Crippen molar-refractivity contribution in [2.24, 2.45) is 0 Å². The molecule has 0 aliphatic rings. The molecule has 0 saturated heterocycles. The number of fused-ring (bicyclic) bond motifs is 4. The van der Waals surface area contributed by atoms with Crippen LogP contribution >= 0.6 is 0 Å². The Kier molecular flexibility index (Phi) is 7.75. The molecule has 0 aliphatic carbocycles. The molecule has 5 nitrogen and oxygen atoms in total. The molecule has 0 amide bonds. The third-order valence-electron chi connectivity index (χ3n) is 12.1. The number of benzene rings is 8. The predicted octanol–water partition coefficient (Wildman–Crippen LogP) is 15.4. The van der Waals surface area contributed by atoms with Crippen LogP contribution in [0.2, 0.25) is 0 Å². The summed E-state index contributed by atoms with van der Waals surface area (Å²) < 4.78 is 99.8. The van der Waals surface area contributed by atoms with Crippen LogP contribution in [0.4, 0.5) is 0 Å². The monoisotopic (exact) mass is 864 g/mol. The number of hydrogen-bond donors (Lipinski definition) is 0. The van der Waals surface area contributed by atoms with Gasteiger partial charge in [0.15, 0.2) is 0 Å². The second-order valence-corrected chi connectivity index (χ2v) is 17.7. The standard InChI is InChI=1S/C61H50N4O/c1-41(2)52-38-59(62-39-54(52)44-23-13-8-14-24-44)65-55-34-31-45(61(3,4)5)35-53(55)51-33-32-48(37-58(51)65)66-47-26-17-25-46(36-47)63-40-64(57-30-16-15-29-56(57)63)60-49(42-19-9-6-10-20-42)27-18-28-50(60)43-21-11-7-12-22-43/h6-39,41H,1-5H3/i6D,7D,9D,10D,11D,12D,19D,20D,21D,22D. The summed E-state index contributed by atoms with van der Waals surface area (Å²) in [6.07, 6.45) is 5.44. The van der Waals surface area contributed by atoms with Gasteiger partial charge in [-0.15, -0.1) is 0 Å². The van der Waals surface area contributed by atoms with Gasteiger partial charge in [0.25, 0.3) is 6.33 Å². The molecule has 8 aromatic carbocycles. The fourth-order valence-corrected chi connectivity index (χ4v) is 8.89. The molecule has 0 unspecified atom stereocenters. The minimum atomic E-state index is -0.567. The lowest BCUT2D eigenvalue weighted by Gasteiger charge is -2.19. The Balaban J connectivity index is 1.07. The van der Waals surface area contributed by atoms with Crippen LogP contribution < -0.4 is 9.30 Å². The maximum atomic E-state index is 9.05. The van der Waals surface area contributed by atoms with E-state index in [1.807, 2.05) is 85.1 Å². The van der Waals surface area contributed by atoms with Gasteiger partial charge in [0.1, 0.15) is 17.3 Å². The summed E-state index contributed by atoms with van der Waals surface area (Å²) in [7, 11) is 0. The van der Waals surface area contributed by atoms with E-state index in [9.17, 15) is 0 Å². The smallest absolute Gasteiger partial charge is 0.269 e. The lowest BCUT2D eigenvalue weighted by Crippen LogP contribution is -2.31. The van der Waals surface area contributed by atoms with Crippen molar-refractivity contribution in [3.05, 3.63) is 224 Å². The van der Waals surface area contributed by atoms with Crippen LogP contribution in [-0.4, -0.2) is 14.1 Å². The molecule has 0 N–H and O–H groups in total. The average molecular weight is 865 g/mol. The SMILES string of the molecule is [2H]c1c([2H])c([2H])c(-c2cccc(-c3c([2H])c([2H])c([2H])c([2H])c3[2H])c2-[n+]2[c-]n(-c3cccc(Oc4ccc5c6cc(C(C)(C)C)ccc6n(-c6cc(C(C)C)c(-c7ccccc7)cn6)c5c4)c3)c3ccccc32)c([2H])c1[2H]. The lowest BCUT2D eigenvalue weighted by atomic mass is 9.86. The van der Waals surface area contributed by atoms with E-state index in [-0.39, 0.29) is 39.3 Å². The molecule has 0 fully saturated rings. The van der Waals surface area contributed by atoms with Crippen molar-refractivity contribution in [1.82, 2.24) is 14.1 Å². The molecular formula is C61H50N4O. The number of para-hydroxylation sites is 3. The minimum Gasteiger partial charge on any atom is -0.458 e. The minimum absolute atomic E-state index is 0.0841. The van der Waals surface area contributed by atoms with Crippen LogP contribution in [0.3, 0.4) is 0 Å². The first-order chi connectivity index (χ1) is 36.3. The summed E-state index contributed by atoms with van der Waals surface area (Å²) in [6.45, 7) is 11.0. The van der Waals surface area contributed by atoms with Crippen molar-refractivity contribution in [2.75, 3.05) is 0 Å². The zero-order valence-electron chi connectivity index (χ0n) is 47.1. The van der Waals surface area contributed by atoms with Crippen LogP contribution in [0.15, 0.2) is 206 Å². The highest BCUT2D eigenvalue weighted by Gasteiger charge is 2.22. The van der Waals surface area contributed by atoms with E-state index in [0.717, 1.165) is 38.8 Å².